The maximum absolute atomic E-state index is 5.46. The standard InChI is InChI=1S/C14H23N3O2/c1-18-11-8-12(15-9-11)14-16-13(17-19-14)10-6-4-2-3-5-7-10/h10-12,15H,2-9H2,1H3. The maximum atomic E-state index is 5.46. The predicted octanol–water partition coefficient (Wildman–Crippen LogP) is 2.56. The van der Waals surface area contributed by atoms with E-state index in [4.69, 9.17) is 9.26 Å². The third-order valence-corrected chi connectivity index (χ3v) is 4.40. The Labute approximate surface area is 114 Å². The lowest BCUT2D eigenvalue weighted by Crippen LogP contribution is -2.16. The van der Waals surface area contributed by atoms with E-state index in [2.05, 4.69) is 15.5 Å². The highest BCUT2D eigenvalue weighted by molar-refractivity contribution is 5.01. The van der Waals surface area contributed by atoms with Gasteiger partial charge in [-0.25, -0.2) is 0 Å². The van der Waals surface area contributed by atoms with Crippen LogP contribution in [0, 0.1) is 0 Å². The molecule has 0 aromatic carbocycles. The van der Waals surface area contributed by atoms with Gasteiger partial charge in [-0.05, 0) is 19.3 Å². The zero-order chi connectivity index (χ0) is 13.1. The summed E-state index contributed by atoms with van der Waals surface area (Å²) in [5.74, 6) is 2.15. The van der Waals surface area contributed by atoms with Crippen LogP contribution in [0.3, 0.4) is 0 Å². The van der Waals surface area contributed by atoms with Crippen molar-refractivity contribution >= 4 is 0 Å². The Hall–Kier alpha value is -0.940. The number of rotatable bonds is 3. The third kappa shape index (κ3) is 2.98. The summed E-state index contributed by atoms with van der Waals surface area (Å²) in [6, 6.07) is 0.164. The fourth-order valence-electron chi connectivity index (χ4n) is 3.16. The molecule has 0 amide bonds. The van der Waals surface area contributed by atoms with Gasteiger partial charge in [0.2, 0.25) is 5.89 Å². The van der Waals surface area contributed by atoms with Crippen molar-refractivity contribution in [2.45, 2.75) is 63.0 Å². The lowest BCUT2D eigenvalue weighted by molar-refractivity contribution is 0.116. The molecule has 19 heavy (non-hydrogen) atoms. The summed E-state index contributed by atoms with van der Waals surface area (Å²) in [4.78, 5) is 4.63. The first-order chi connectivity index (χ1) is 9.36. The summed E-state index contributed by atoms with van der Waals surface area (Å²) in [5, 5.41) is 7.59. The van der Waals surface area contributed by atoms with Crippen molar-refractivity contribution in [3.05, 3.63) is 11.7 Å². The van der Waals surface area contributed by atoms with E-state index in [1.165, 1.54) is 38.5 Å². The zero-order valence-electron chi connectivity index (χ0n) is 11.6. The van der Waals surface area contributed by atoms with Crippen LogP contribution in [0.15, 0.2) is 4.52 Å². The summed E-state index contributed by atoms with van der Waals surface area (Å²) < 4.78 is 10.8. The van der Waals surface area contributed by atoms with Gasteiger partial charge in [0, 0.05) is 19.6 Å². The van der Waals surface area contributed by atoms with Crippen LogP contribution in [0.25, 0.3) is 0 Å². The van der Waals surface area contributed by atoms with E-state index >= 15 is 0 Å². The highest BCUT2D eigenvalue weighted by Gasteiger charge is 2.30. The Balaban J connectivity index is 1.65. The lowest BCUT2D eigenvalue weighted by Gasteiger charge is -2.08. The molecule has 106 valence electrons. The molecule has 3 rings (SSSR count). The molecule has 2 aliphatic rings. The van der Waals surface area contributed by atoms with Crippen molar-refractivity contribution < 1.29 is 9.26 Å². The van der Waals surface area contributed by atoms with Gasteiger partial charge in [0.25, 0.3) is 0 Å². The molecule has 0 spiro atoms. The van der Waals surface area contributed by atoms with Gasteiger partial charge in [-0.3, -0.25) is 0 Å². The second-order valence-electron chi connectivity index (χ2n) is 5.73. The first kappa shape index (κ1) is 13.1. The van der Waals surface area contributed by atoms with E-state index in [0.29, 0.717) is 5.92 Å². The van der Waals surface area contributed by atoms with Crippen molar-refractivity contribution in [3.8, 4) is 0 Å². The van der Waals surface area contributed by atoms with Gasteiger partial charge in [0.05, 0.1) is 12.1 Å². The molecule has 1 aromatic heterocycles. The molecule has 2 atom stereocenters. The number of methoxy groups -OCH3 is 1. The van der Waals surface area contributed by atoms with Gasteiger partial charge in [0.1, 0.15) is 0 Å². The number of ether oxygens (including phenoxy) is 1. The molecule has 1 aliphatic heterocycles. The normalized spacial score (nSPS) is 29.5. The second kappa shape index (κ2) is 6.01. The summed E-state index contributed by atoms with van der Waals surface area (Å²) in [7, 11) is 1.75. The zero-order valence-corrected chi connectivity index (χ0v) is 11.6. The first-order valence-electron chi connectivity index (χ1n) is 7.46. The van der Waals surface area contributed by atoms with Gasteiger partial charge < -0.3 is 14.6 Å². The van der Waals surface area contributed by atoms with Gasteiger partial charge in [-0.1, -0.05) is 30.8 Å². The molecule has 0 radical (unpaired) electrons. The fraction of sp³-hybridized carbons (Fsp3) is 0.857. The minimum atomic E-state index is 0.164. The van der Waals surface area contributed by atoms with Crippen LogP contribution in [0.2, 0.25) is 0 Å². The highest BCUT2D eigenvalue weighted by Crippen LogP contribution is 2.31. The van der Waals surface area contributed by atoms with Crippen molar-refractivity contribution in [1.82, 2.24) is 15.5 Å². The van der Waals surface area contributed by atoms with Crippen LogP contribution in [-0.2, 0) is 4.74 Å². The minimum absolute atomic E-state index is 0.164. The van der Waals surface area contributed by atoms with E-state index in [1.54, 1.807) is 7.11 Å². The first-order valence-corrected chi connectivity index (χ1v) is 7.46. The number of nitrogens with zero attached hydrogens (tertiary/aromatic N) is 2. The molecule has 2 fully saturated rings. The number of nitrogens with one attached hydrogen (secondary N) is 1. The number of hydrogen-bond acceptors (Lipinski definition) is 5. The van der Waals surface area contributed by atoms with E-state index in [9.17, 15) is 0 Å². The SMILES string of the molecule is COC1CNC(c2nc(C3CCCCCC3)no2)C1. The van der Waals surface area contributed by atoms with Crippen molar-refractivity contribution in [1.29, 1.82) is 0 Å². The third-order valence-electron chi connectivity index (χ3n) is 4.40. The molecule has 1 N–H and O–H groups in total. The van der Waals surface area contributed by atoms with E-state index in [1.807, 2.05) is 0 Å². The van der Waals surface area contributed by atoms with Crippen LogP contribution < -0.4 is 5.32 Å². The minimum Gasteiger partial charge on any atom is -0.380 e. The molecule has 5 heteroatoms. The summed E-state index contributed by atoms with van der Waals surface area (Å²) >= 11 is 0. The van der Waals surface area contributed by atoms with Gasteiger partial charge in [-0.2, -0.15) is 4.98 Å². The number of hydrogen-bond donors (Lipinski definition) is 1. The van der Waals surface area contributed by atoms with Gasteiger partial charge in [0.15, 0.2) is 5.82 Å². The molecule has 2 unspecified atom stereocenters. The molecular formula is C14H23N3O2. The Morgan fingerprint density at radius 3 is 2.68 bits per heavy atom. The fourth-order valence-corrected chi connectivity index (χ4v) is 3.16. The van der Waals surface area contributed by atoms with Crippen LogP contribution in [0.4, 0.5) is 0 Å². The van der Waals surface area contributed by atoms with Crippen LogP contribution >= 0.6 is 0 Å². The number of aromatic nitrogens is 2. The highest BCUT2D eigenvalue weighted by atomic mass is 16.5. The van der Waals surface area contributed by atoms with E-state index < -0.39 is 0 Å². The Morgan fingerprint density at radius 1 is 1.21 bits per heavy atom. The van der Waals surface area contributed by atoms with Crippen LogP contribution in [0.5, 0.6) is 0 Å². The Morgan fingerprint density at radius 2 is 2.00 bits per heavy atom. The topological polar surface area (TPSA) is 60.2 Å². The maximum Gasteiger partial charge on any atom is 0.243 e. The largest absolute Gasteiger partial charge is 0.380 e. The summed E-state index contributed by atoms with van der Waals surface area (Å²) in [5.41, 5.74) is 0. The van der Waals surface area contributed by atoms with Crippen LogP contribution in [-0.4, -0.2) is 29.9 Å². The molecule has 1 saturated carbocycles. The molecule has 5 nitrogen and oxygen atoms in total. The average molecular weight is 265 g/mol. The summed E-state index contributed by atoms with van der Waals surface area (Å²) in [6.07, 6.45) is 8.88. The second-order valence-corrected chi connectivity index (χ2v) is 5.73. The van der Waals surface area contributed by atoms with Crippen molar-refractivity contribution in [2.75, 3.05) is 13.7 Å². The molecule has 1 saturated heterocycles. The monoisotopic (exact) mass is 265 g/mol. The van der Waals surface area contributed by atoms with E-state index in [-0.39, 0.29) is 12.1 Å². The van der Waals surface area contributed by atoms with Crippen molar-refractivity contribution in [3.63, 3.8) is 0 Å². The molecule has 1 aromatic rings. The van der Waals surface area contributed by atoms with Crippen molar-refractivity contribution in [2.24, 2.45) is 0 Å². The average Bonchev–Trinajstić information content (AvgIpc) is 3.02. The Kier molecular flexibility index (Phi) is 4.13. The van der Waals surface area contributed by atoms with Gasteiger partial charge in [-0.15, -0.1) is 0 Å². The lowest BCUT2D eigenvalue weighted by atomic mass is 10.00. The van der Waals surface area contributed by atoms with Crippen LogP contribution in [0.1, 0.15) is 68.6 Å². The smallest absolute Gasteiger partial charge is 0.243 e. The Bertz CT molecular complexity index is 399. The van der Waals surface area contributed by atoms with E-state index in [0.717, 1.165) is 24.7 Å². The summed E-state index contributed by atoms with van der Waals surface area (Å²) in [6.45, 7) is 0.863. The van der Waals surface area contributed by atoms with Gasteiger partial charge >= 0.3 is 0 Å². The quantitative estimate of drug-likeness (QED) is 0.851. The molecule has 2 heterocycles. The molecular weight excluding hydrogens is 242 g/mol. The molecule has 1 aliphatic carbocycles. The predicted molar refractivity (Wildman–Crippen MR) is 70.9 cm³/mol. The molecule has 0 bridgehead atoms.